The Balaban J connectivity index is 0.000000134. The molecule has 0 N–H and O–H groups in total. The van der Waals surface area contributed by atoms with Gasteiger partial charge in [0.1, 0.15) is 0 Å². The van der Waals surface area contributed by atoms with E-state index in [0.717, 1.165) is 110 Å². The van der Waals surface area contributed by atoms with Crippen LogP contribution in [0, 0.1) is 0 Å². The maximum absolute atomic E-state index is 5.41. The first-order valence-electron chi connectivity index (χ1n) is 47.7. The second kappa shape index (κ2) is 31.4. The van der Waals surface area contributed by atoms with E-state index in [0.29, 0.717) is 34.9 Å². The van der Waals surface area contributed by atoms with Crippen LogP contribution in [0.5, 0.6) is 0 Å². The first-order valence-corrected chi connectivity index (χ1v) is 47.7. The summed E-state index contributed by atoms with van der Waals surface area (Å²) in [6.07, 6.45) is 0. The summed E-state index contributed by atoms with van der Waals surface area (Å²) in [6.45, 7) is 0. The number of nitrogens with zero attached hydrogens (tertiary/aromatic N) is 10. The Hall–Kier alpha value is -18.9. The molecule has 0 spiro atoms. The van der Waals surface area contributed by atoms with E-state index in [1.807, 2.05) is 36.4 Å². The van der Waals surface area contributed by atoms with Crippen molar-refractivity contribution in [2.24, 2.45) is 0 Å². The van der Waals surface area contributed by atoms with Crippen LogP contribution in [0.1, 0.15) is 0 Å². The highest BCUT2D eigenvalue weighted by Crippen LogP contribution is 2.50. The fourth-order valence-corrected chi connectivity index (χ4v) is 22.8. The largest absolute Gasteiger partial charge is 0.309 e. The molecule has 0 aliphatic rings. The van der Waals surface area contributed by atoms with Gasteiger partial charge in [-0.25, -0.2) is 29.9 Å². The lowest BCUT2D eigenvalue weighted by atomic mass is 9.96. The van der Waals surface area contributed by atoms with E-state index in [4.69, 9.17) is 29.9 Å². The number of benzene rings is 24. The van der Waals surface area contributed by atoms with Crippen molar-refractivity contribution in [3.63, 3.8) is 0 Å². The van der Waals surface area contributed by atoms with E-state index in [9.17, 15) is 0 Å². The molecule has 0 saturated carbocycles. The monoisotopic (exact) mass is 1780 g/mol. The second-order valence-electron chi connectivity index (χ2n) is 36.6. The van der Waals surface area contributed by atoms with E-state index in [2.05, 4.69) is 455 Å². The predicted molar refractivity (Wildman–Crippen MR) is 585 cm³/mol. The van der Waals surface area contributed by atoms with Crippen LogP contribution >= 0.6 is 0 Å². The summed E-state index contributed by atoms with van der Waals surface area (Å²) in [5.74, 6) is 3.79. The fourth-order valence-electron chi connectivity index (χ4n) is 22.8. The molecule has 0 atom stereocenters. The number of hydrogen-bond acceptors (Lipinski definition) is 6. The van der Waals surface area contributed by atoms with Crippen LogP contribution in [0.4, 0.5) is 0 Å². The summed E-state index contributed by atoms with van der Waals surface area (Å²) in [4.78, 5) is 31.6. The number of rotatable bonds is 10. The third kappa shape index (κ3) is 12.2. The molecule has 0 saturated heterocycles. The maximum atomic E-state index is 5.41. The molecule has 24 aromatic carbocycles. The Morgan fingerprint density at radius 2 is 0.471 bits per heavy atom. The van der Waals surface area contributed by atoms with E-state index >= 15 is 0 Å². The molecule has 0 aliphatic carbocycles. The van der Waals surface area contributed by atoms with Crippen molar-refractivity contribution in [2.45, 2.75) is 0 Å². The van der Waals surface area contributed by atoms with Crippen molar-refractivity contribution in [3.8, 4) is 91.1 Å². The van der Waals surface area contributed by atoms with Crippen molar-refractivity contribution in [3.05, 3.63) is 473 Å². The van der Waals surface area contributed by atoms with Gasteiger partial charge in [-0.3, -0.25) is 0 Å². The zero-order valence-corrected chi connectivity index (χ0v) is 75.5. The molecular weight excluding hydrogens is 1700 g/mol. The average molecular weight is 1780 g/mol. The minimum atomic E-state index is 0.623. The topological polar surface area (TPSA) is 97.1 Å². The van der Waals surface area contributed by atoms with Gasteiger partial charge in [-0.1, -0.05) is 382 Å². The summed E-state index contributed by atoms with van der Waals surface area (Å²) in [7, 11) is 0. The molecule has 30 aromatic rings. The van der Waals surface area contributed by atoms with Crippen LogP contribution in [0.2, 0.25) is 0 Å². The van der Waals surface area contributed by atoms with Gasteiger partial charge in [-0.2, -0.15) is 0 Å². The van der Waals surface area contributed by atoms with E-state index in [-0.39, 0.29) is 0 Å². The highest BCUT2D eigenvalue weighted by molar-refractivity contribution is 6.28. The maximum Gasteiger partial charge on any atom is 0.164 e. The van der Waals surface area contributed by atoms with Gasteiger partial charge in [0.15, 0.2) is 34.9 Å². The Morgan fingerprint density at radius 3 is 1.09 bits per heavy atom. The normalized spacial score (nSPS) is 12.0. The molecular formula is C130H78N10. The minimum Gasteiger partial charge on any atom is -0.309 e. The van der Waals surface area contributed by atoms with Gasteiger partial charge in [0.25, 0.3) is 0 Å². The number of fused-ring (bicyclic) bond motifs is 26. The Bertz CT molecular complexity index is 10500. The molecule has 10 heteroatoms. The SMILES string of the molecule is c1ccc(-c2nc(-c3ccc(-n4c5ccccc5c5c(-n6c7ccccc7c7c8ccccc8ccc76)c6ccccc6cc54)c4ccccc34)nc(-c3cc4ccccc4c4ccccc34)n2)cc1.c1ccc(-c2nc(-c3ccc4c(ccc5ccccc54)c3)nc(-c3cccc4c(-n5c6ccccc6c6cc7c(-n8c9ccccc9c9c%10ccccc%10ccc98)cccc7cc65)cccc34)n2)cc1. The third-order valence-electron chi connectivity index (χ3n) is 29.0. The molecule has 6 aromatic heterocycles. The minimum absolute atomic E-state index is 0.623. The summed E-state index contributed by atoms with van der Waals surface area (Å²) in [5.41, 5.74) is 19.5. The Kier molecular flexibility index (Phi) is 17.6. The van der Waals surface area contributed by atoms with Gasteiger partial charge in [0, 0.05) is 98.0 Å². The first-order chi connectivity index (χ1) is 69.5. The van der Waals surface area contributed by atoms with Crippen molar-refractivity contribution >= 4 is 195 Å². The van der Waals surface area contributed by atoms with Gasteiger partial charge >= 0.3 is 0 Å². The average Bonchev–Trinajstić information content (AvgIpc) is 1.53. The fraction of sp³-hybridized carbons (Fsp3) is 0. The molecule has 0 bridgehead atoms. The van der Waals surface area contributed by atoms with Crippen LogP contribution < -0.4 is 0 Å². The lowest BCUT2D eigenvalue weighted by Crippen LogP contribution is -2.02. The van der Waals surface area contributed by atoms with Crippen molar-refractivity contribution in [1.29, 1.82) is 0 Å². The molecule has 0 amide bonds. The smallest absolute Gasteiger partial charge is 0.164 e. The van der Waals surface area contributed by atoms with Crippen molar-refractivity contribution in [1.82, 2.24) is 48.2 Å². The van der Waals surface area contributed by atoms with Crippen LogP contribution in [0.25, 0.3) is 286 Å². The predicted octanol–water partition coefficient (Wildman–Crippen LogP) is 33.7. The van der Waals surface area contributed by atoms with Gasteiger partial charge in [0.05, 0.1) is 66.9 Å². The summed E-state index contributed by atoms with van der Waals surface area (Å²) < 4.78 is 9.92. The molecule has 648 valence electrons. The van der Waals surface area contributed by atoms with Crippen LogP contribution in [-0.2, 0) is 0 Å². The van der Waals surface area contributed by atoms with Gasteiger partial charge < -0.3 is 18.3 Å². The van der Waals surface area contributed by atoms with E-state index in [1.54, 1.807) is 0 Å². The highest BCUT2D eigenvalue weighted by Gasteiger charge is 2.29. The zero-order valence-electron chi connectivity index (χ0n) is 75.5. The van der Waals surface area contributed by atoms with Gasteiger partial charge in [-0.05, 0) is 177 Å². The number of aromatic nitrogens is 10. The molecule has 6 heterocycles. The highest BCUT2D eigenvalue weighted by atomic mass is 15.1. The lowest BCUT2D eigenvalue weighted by Gasteiger charge is -2.17. The van der Waals surface area contributed by atoms with Gasteiger partial charge in [-0.15, -0.1) is 0 Å². The van der Waals surface area contributed by atoms with Crippen molar-refractivity contribution in [2.75, 3.05) is 0 Å². The molecule has 10 nitrogen and oxygen atoms in total. The molecule has 0 fully saturated rings. The summed E-state index contributed by atoms with van der Waals surface area (Å²) in [5, 5.41) is 33.4. The van der Waals surface area contributed by atoms with Crippen molar-refractivity contribution < 1.29 is 0 Å². The Morgan fingerprint density at radius 1 is 0.129 bits per heavy atom. The van der Waals surface area contributed by atoms with Gasteiger partial charge in [0.2, 0.25) is 0 Å². The second-order valence-corrected chi connectivity index (χ2v) is 36.6. The Labute approximate surface area is 801 Å². The van der Waals surface area contributed by atoms with Crippen LogP contribution in [0.3, 0.4) is 0 Å². The molecule has 0 aliphatic heterocycles. The number of para-hydroxylation sites is 4. The van der Waals surface area contributed by atoms with Crippen LogP contribution in [0.15, 0.2) is 473 Å². The number of hydrogen-bond donors (Lipinski definition) is 0. The lowest BCUT2D eigenvalue weighted by molar-refractivity contribution is 1.08. The third-order valence-corrected chi connectivity index (χ3v) is 29.0. The van der Waals surface area contributed by atoms with E-state index in [1.165, 1.54) is 141 Å². The van der Waals surface area contributed by atoms with E-state index < -0.39 is 0 Å². The quantitative estimate of drug-likeness (QED) is 0.127. The zero-order chi connectivity index (χ0) is 91.7. The molecule has 140 heavy (non-hydrogen) atoms. The van der Waals surface area contributed by atoms with Crippen LogP contribution in [-0.4, -0.2) is 48.2 Å². The standard InChI is InChI=1S/2C65H39N5/c1-2-19-41(20-3-1)63-66-64(68-65(67-63)54-38-42-21-5-7-23-44(42)47-26-10-11-27-48(47)54)51-35-37-57(50-29-13-12-28-49(50)51)69-55-32-16-15-31-53(55)61-59(69)39-43-22-6-9-25-46(43)62(61)70-56-33-17-14-30-52(56)60-45-24-8-4-18-40(45)34-36-58(60)70;1-2-17-42(18-3-1)63-66-64(45-33-35-47-44(37-45)32-31-40-15-4-6-20-46(40)47)68-65(67-63)52-26-13-25-50-49(52)24-14-30-57(50)70-56-27-10-8-22-51(56)55-39-54-43(38-61(55)70)19-12-29-59(54)69-58-28-11-9-23-53(58)62-48-21-7-5-16-41(48)34-36-60(62)69/h2*1-39H. The molecule has 30 rings (SSSR count). The molecule has 0 unspecified atom stereocenters. The summed E-state index contributed by atoms with van der Waals surface area (Å²) in [6, 6.07) is 170. The summed E-state index contributed by atoms with van der Waals surface area (Å²) >= 11 is 0. The molecule has 0 radical (unpaired) electrons. The first kappa shape index (κ1) is 78.6.